The fourth-order valence-corrected chi connectivity index (χ4v) is 8.21. The Balaban J connectivity index is 1.39. The zero-order chi connectivity index (χ0) is 17.9. The molecule has 0 radical (unpaired) electrons. The van der Waals surface area contributed by atoms with Crippen molar-refractivity contribution in [3.63, 3.8) is 0 Å². The molecule has 0 saturated heterocycles. The molecule has 5 rings (SSSR count). The molecule has 1 heterocycles. The summed E-state index contributed by atoms with van der Waals surface area (Å²) in [6.45, 7) is 4.68. The first kappa shape index (κ1) is 17.2. The third-order valence-corrected chi connectivity index (χ3v) is 9.32. The van der Waals surface area contributed by atoms with E-state index in [1.807, 2.05) is 6.20 Å². The fourth-order valence-electron chi connectivity index (χ4n) is 8.21. The van der Waals surface area contributed by atoms with Gasteiger partial charge in [-0.2, -0.15) is 0 Å². The predicted octanol–water partition coefficient (Wildman–Crippen LogP) is 5.57. The summed E-state index contributed by atoms with van der Waals surface area (Å²) in [5.74, 6) is 5.20. The molecule has 2 heteroatoms. The summed E-state index contributed by atoms with van der Waals surface area (Å²) in [5, 5.41) is 10.6. The molecule has 0 amide bonds. The molecule has 0 bridgehead atoms. The van der Waals surface area contributed by atoms with Crippen LogP contribution in [0.1, 0.15) is 83.1 Å². The molecule has 4 aliphatic carbocycles. The van der Waals surface area contributed by atoms with Gasteiger partial charge in [0.15, 0.2) is 0 Å². The largest absolute Gasteiger partial charge is 0.390 e. The van der Waals surface area contributed by atoms with Gasteiger partial charge in [-0.25, -0.2) is 0 Å². The molecule has 4 fully saturated rings. The van der Waals surface area contributed by atoms with Crippen molar-refractivity contribution in [2.24, 2.45) is 35.0 Å². The van der Waals surface area contributed by atoms with Gasteiger partial charge in [0.2, 0.25) is 0 Å². The summed E-state index contributed by atoms with van der Waals surface area (Å²) in [6.07, 6.45) is 15.8. The van der Waals surface area contributed by atoms with Gasteiger partial charge >= 0.3 is 0 Å². The van der Waals surface area contributed by atoms with Crippen LogP contribution in [0.5, 0.6) is 0 Å². The van der Waals surface area contributed by atoms with E-state index in [4.69, 9.17) is 0 Å². The Labute approximate surface area is 158 Å². The van der Waals surface area contributed by atoms with Crippen molar-refractivity contribution in [1.29, 1.82) is 0 Å². The minimum absolute atomic E-state index is 0.393. The van der Waals surface area contributed by atoms with Crippen LogP contribution >= 0.6 is 0 Å². The minimum atomic E-state index is -0.393. The molecule has 1 aromatic rings. The molecule has 0 aliphatic heterocycles. The highest BCUT2D eigenvalue weighted by atomic mass is 16.3. The van der Waals surface area contributed by atoms with Crippen LogP contribution in [0.25, 0.3) is 0 Å². The fraction of sp³-hybridized carbons (Fsp3) is 0.792. The normalized spacial score (nSPS) is 50.6. The summed E-state index contributed by atoms with van der Waals surface area (Å²) in [6, 6.07) is 4.44. The van der Waals surface area contributed by atoms with Gasteiger partial charge in [0, 0.05) is 12.4 Å². The lowest BCUT2D eigenvalue weighted by molar-refractivity contribution is -0.0958. The van der Waals surface area contributed by atoms with Gasteiger partial charge in [-0.3, -0.25) is 4.98 Å². The van der Waals surface area contributed by atoms with Crippen LogP contribution < -0.4 is 0 Å². The van der Waals surface area contributed by atoms with E-state index >= 15 is 0 Å². The Kier molecular flexibility index (Phi) is 4.01. The van der Waals surface area contributed by atoms with E-state index in [1.54, 1.807) is 0 Å². The third-order valence-electron chi connectivity index (χ3n) is 9.32. The summed E-state index contributed by atoms with van der Waals surface area (Å²) in [4.78, 5) is 4.42. The lowest BCUT2D eigenvalue weighted by Gasteiger charge is -2.57. The number of pyridine rings is 1. The second kappa shape index (κ2) is 6.06. The van der Waals surface area contributed by atoms with E-state index < -0.39 is 5.60 Å². The monoisotopic (exact) mass is 353 g/mol. The smallest absolute Gasteiger partial charge is 0.0622 e. The highest BCUT2D eigenvalue weighted by Gasteiger charge is 2.57. The van der Waals surface area contributed by atoms with E-state index in [1.165, 1.54) is 50.5 Å². The first-order valence-corrected chi connectivity index (χ1v) is 11.1. The second-order valence-electron chi connectivity index (χ2n) is 10.6. The first-order chi connectivity index (χ1) is 12.5. The molecule has 142 valence electrons. The van der Waals surface area contributed by atoms with Crippen molar-refractivity contribution in [3.8, 4) is 0 Å². The summed E-state index contributed by atoms with van der Waals surface area (Å²) in [7, 11) is 0. The minimum Gasteiger partial charge on any atom is -0.390 e. The molecule has 0 unspecified atom stereocenters. The number of hydrogen-bond acceptors (Lipinski definition) is 2. The number of rotatable bonds is 1. The zero-order valence-corrected chi connectivity index (χ0v) is 16.5. The van der Waals surface area contributed by atoms with Crippen LogP contribution in [0.2, 0.25) is 0 Å². The molecule has 0 aromatic carbocycles. The van der Waals surface area contributed by atoms with Gasteiger partial charge in [0.25, 0.3) is 0 Å². The van der Waals surface area contributed by atoms with E-state index in [0.29, 0.717) is 11.3 Å². The molecule has 2 nitrogen and oxygen atoms in total. The quantitative estimate of drug-likeness (QED) is 0.716. The zero-order valence-electron chi connectivity index (χ0n) is 16.5. The first-order valence-electron chi connectivity index (χ1n) is 11.1. The topological polar surface area (TPSA) is 33.1 Å². The maximum atomic E-state index is 10.6. The number of aromatic nitrogens is 1. The van der Waals surface area contributed by atoms with Crippen LogP contribution in [0.4, 0.5) is 0 Å². The van der Waals surface area contributed by atoms with Gasteiger partial charge in [0.1, 0.15) is 0 Å². The van der Waals surface area contributed by atoms with Crippen LogP contribution in [-0.4, -0.2) is 15.7 Å². The van der Waals surface area contributed by atoms with Crippen molar-refractivity contribution in [2.75, 3.05) is 0 Å². The highest BCUT2D eigenvalue weighted by molar-refractivity contribution is 5.22. The highest BCUT2D eigenvalue weighted by Crippen LogP contribution is 2.66. The Bertz CT molecular complexity index is 655. The van der Waals surface area contributed by atoms with Gasteiger partial charge in [-0.05, 0) is 117 Å². The summed E-state index contributed by atoms with van der Waals surface area (Å²) >= 11 is 0. The Morgan fingerprint density at radius 2 is 1.81 bits per heavy atom. The number of fused-ring (bicyclic) bond motifs is 5. The number of hydrogen-bond donors (Lipinski definition) is 1. The van der Waals surface area contributed by atoms with Gasteiger partial charge < -0.3 is 5.11 Å². The number of aliphatic hydroxyl groups is 1. The maximum Gasteiger partial charge on any atom is 0.0622 e. The van der Waals surface area contributed by atoms with Crippen LogP contribution in [0.15, 0.2) is 24.5 Å². The lowest BCUT2D eigenvalue weighted by Crippen LogP contribution is -2.50. The molecular formula is C24H35NO. The molecule has 26 heavy (non-hydrogen) atoms. The van der Waals surface area contributed by atoms with E-state index in [2.05, 4.69) is 37.2 Å². The molecule has 8 atom stereocenters. The molecule has 0 spiro atoms. The standard InChI is InChI=1S/C24H35NO/c1-23(26)11-9-18-16(14-23)5-6-20-19(18)10-12-24(2)21(7-8-22(20)24)17-4-3-13-25-15-17/h3-4,13,15-16,18-22,26H,5-12,14H2,1-2H3/t16-,18+,19-,20-,21-,22+,23-,24-/m1/s1. The second-order valence-corrected chi connectivity index (χ2v) is 10.6. The van der Waals surface area contributed by atoms with E-state index in [9.17, 15) is 5.11 Å². The predicted molar refractivity (Wildman–Crippen MR) is 105 cm³/mol. The van der Waals surface area contributed by atoms with Gasteiger partial charge in [-0.1, -0.05) is 13.0 Å². The average molecular weight is 354 g/mol. The van der Waals surface area contributed by atoms with Crippen molar-refractivity contribution in [2.45, 2.75) is 83.2 Å². The molecule has 1 N–H and O–H groups in total. The molecule has 4 saturated carbocycles. The van der Waals surface area contributed by atoms with E-state index in [-0.39, 0.29) is 0 Å². The molecule has 4 aliphatic rings. The third kappa shape index (κ3) is 2.58. The Morgan fingerprint density at radius 1 is 0.962 bits per heavy atom. The van der Waals surface area contributed by atoms with E-state index in [0.717, 1.165) is 42.4 Å². The van der Waals surface area contributed by atoms with Crippen molar-refractivity contribution in [3.05, 3.63) is 30.1 Å². The summed E-state index contributed by atoms with van der Waals surface area (Å²) in [5.41, 5.74) is 1.58. The number of nitrogens with zero attached hydrogens (tertiary/aromatic N) is 1. The Morgan fingerprint density at radius 3 is 2.62 bits per heavy atom. The lowest BCUT2D eigenvalue weighted by atomic mass is 9.49. The summed E-state index contributed by atoms with van der Waals surface area (Å²) < 4.78 is 0. The van der Waals surface area contributed by atoms with Gasteiger partial charge in [0.05, 0.1) is 5.60 Å². The maximum absolute atomic E-state index is 10.6. The van der Waals surface area contributed by atoms with Gasteiger partial charge in [-0.15, -0.1) is 0 Å². The van der Waals surface area contributed by atoms with Crippen LogP contribution in [0.3, 0.4) is 0 Å². The van der Waals surface area contributed by atoms with Crippen molar-refractivity contribution in [1.82, 2.24) is 4.98 Å². The molecule has 1 aromatic heterocycles. The average Bonchev–Trinajstić information content (AvgIpc) is 2.98. The van der Waals surface area contributed by atoms with Crippen molar-refractivity contribution < 1.29 is 5.11 Å². The Hall–Kier alpha value is -0.890. The van der Waals surface area contributed by atoms with Crippen LogP contribution in [0, 0.1) is 35.0 Å². The van der Waals surface area contributed by atoms with Crippen LogP contribution in [-0.2, 0) is 0 Å². The van der Waals surface area contributed by atoms with Crippen molar-refractivity contribution >= 4 is 0 Å². The SMILES string of the molecule is C[C@@]1(O)CC[C@H]2[C@H](CC[C@@H]3[C@@H]2CC[C@]2(C)[C@@H](c4cccnc4)CC[C@@H]32)C1. The molecular weight excluding hydrogens is 318 g/mol.